The summed E-state index contributed by atoms with van der Waals surface area (Å²) in [5, 5.41) is 0.575. The summed E-state index contributed by atoms with van der Waals surface area (Å²) in [6, 6.07) is 6.68. The van der Waals surface area contributed by atoms with E-state index in [1.807, 2.05) is 12.1 Å². The van der Waals surface area contributed by atoms with E-state index in [0.29, 0.717) is 11.2 Å². The molecule has 0 aliphatic heterocycles. The molecule has 0 aliphatic carbocycles. The fourth-order valence-electron chi connectivity index (χ4n) is 0.864. The van der Waals surface area contributed by atoms with E-state index in [1.165, 1.54) is 12.1 Å². The van der Waals surface area contributed by atoms with Gasteiger partial charge in [-0.15, -0.1) is 11.8 Å². The van der Waals surface area contributed by atoms with Crippen molar-refractivity contribution < 1.29 is 4.39 Å². The van der Waals surface area contributed by atoms with Crippen molar-refractivity contribution in [1.82, 2.24) is 0 Å². The first kappa shape index (κ1) is 10.6. The van der Waals surface area contributed by atoms with E-state index in [4.69, 9.17) is 0 Å². The molecule has 0 saturated carbocycles. The molecule has 0 aromatic heterocycles. The van der Waals surface area contributed by atoms with Gasteiger partial charge in [-0.2, -0.15) is 0 Å². The van der Waals surface area contributed by atoms with Gasteiger partial charge in [0.1, 0.15) is 5.82 Å². The minimum Gasteiger partial charge on any atom is -0.207 e. The lowest BCUT2D eigenvalue weighted by atomic mass is 10.2. The Morgan fingerprint density at radius 1 is 1.08 bits per heavy atom. The summed E-state index contributed by atoms with van der Waals surface area (Å²) in [7, 11) is 0. The first-order chi connectivity index (χ1) is 6.09. The van der Waals surface area contributed by atoms with Gasteiger partial charge in [0.15, 0.2) is 0 Å². The van der Waals surface area contributed by atoms with Crippen molar-refractivity contribution >= 4 is 11.8 Å². The zero-order valence-electron chi connectivity index (χ0n) is 8.25. The third-order valence-electron chi connectivity index (χ3n) is 2.07. The van der Waals surface area contributed by atoms with Gasteiger partial charge in [-0.1, -0.05) is 20.8 Å². The molecule has 0 aliphatic rings. The Labute approximate surface area is 83.5 Å². The van der Waals surface area contributed by atoms with Crippen LogP contribution in [-0.2, 0) is 0 Å². The summed E-state index contributed by atoms with van der Waals surface area (Å²) < 4.78 is 12.6. The van der Waals surface area contributed by atoms with Crippen LogP contribution in [0.3, 0.4) is 0 Å². The van der Waals surface area contributed by atoms with Crippen LogP contribution in [0.1, 0.15) is 20.8 Å². The molecule has 2 heteroatoms. The van der Waals surface area contributed by atoms with Gasteiger partial charge in [-0.25, -0.2) is 4.39 Å². The maximum Gasteiger partial charge on any atom is 0.123 e. The number of benzene rings is 1. The Kier molecular flexibility index (Phi) is 3.79. The lowest BCUT2D eigenvalue weighted by Gasteiger charge is -2.14. The van der Waals surface area contributed by atoms with Gasteiger partial charge >= 0.3 is 0 Å². The van der Waals surface area contributed by atoms with E-state index >= 15 is 0 Å². The van der Waals surface area contributed by atoms with Gasteiger partial charge in [0.25, 0.3) is 0 Å². The SMILES string of the molecule is CC(C)C(C)Sc1ccc(F)cc1. The van der Waals surface area contributed by atoms with E-state index in [-0.39, 0.29) is 5.82 Å². The Bertz CT molecular complexity index is 253. The quantitative estimate of drug-likeness (QED) is 0.662. The lowest BCUT2D eigenvalue weighted by molar-refractivity contribution is 0.626. The molecule has 13 heavy (non-hydrogen) atoms. The van der Waals surface area contributed by atoms with Crippen LogP contribution in [0, 0.1) is 11.7 Å². The summed E-state index contributed by atoms with van der Waals surface area (Å²) in [5.74, 6) is 0.483. The minimum absolute atomic E-state index is 0.165. The Hall–Kier alpha value is -0.500. The normalized spacial score (nSPS) is 13.3. The summed E-state index contributed by atoms with van der Waals surface area (Å²) >= 11 is 1.79. The van der Waals surface area contributed by atoms with Gasteiger partial charge in [0.2, 0.25) is 0 Å². The predicted octanol–water partition coefficient (Wildman–Crippen LogP) is 3.96. The van der Waals surface area contributed by atoms with Crippen LogP contribution in [0.2, 0.25) is 0 Å². The van der Waals surface area contributed by atoms with Crippen LogP contribution in [0.25, 0.3) is 0 Å². The Morgan fingerprint density at radius 3 is 2.08 bits per heavy atom. The zero-order chi connectivity index (χ0) is 9.84. The van der Waals surface area contributed by atoms with E-state index in [0.717, 1.165) is 4.90 Å². The first-order valence-corrected chi connectivity index (χ1v) is 5.40. The lowest BCUT2D eigenvalue weighted by Crippen LogP contribution is -2.04. The molecule has 1 aromatic carbocycles. The number of hydrogen-bond acceptors (Lipinski definition) is 1. The summed E-state index contributed by atoms with van der Waals surface area (Å²) in [6.45, 7) is 6.58. The second-order valence-electron chi connectivity index (χ2n) is 3.52. The molecule has 0 saturated heterocycles. The molecule has 1 atom stereocenters. The smallest absolute Gasteiger partial charge is 0.123 e. The number of halogens is 1. The van der Waals surface area contributed by atoms with Crippen LogP contribution in [0.4, 0.5) is 4.39 Å². The summed E-state index contributed by atoms with van der Waals surface area (Å²) in [4.78, 5) is 1.14. The fraction of sp³-hybridized carbons (Fsp3) is 0.455. The molecule has 0 radical (unpaired) electrons. The van der Waals surface area contributed by atoms with Crippen LogP contribution >= 0.6 is 11.8 Å². The first-order valence-electron chi connectivity index (χ1n) is 4.52. The molecule has 0 amide bonds. The second-order valence-corrected chi connectivity index (χ2v) is 4.97. The van der Waals surface area contributed by atoms with E-state index < -0.39 is 0 Å². The highest BCUT2D eigenvalue weighted by Crippen LogP contribution is 2.27. The number of hydrogen-bond donors (Lipinski definition) is 0. The Morgan fingerprint density at radius 2 is 1.62 bits per heavy atom. The van der Waals surface area contributed by atoms with Crippen molar-refractivity contribution in [3.05, 3.63) is 30.1 Å². The predicted molar refractivity (Wildman–Crippen MR) is 56.6 cm³/mol. The highest BCUT2D eigenvalue weighted by Gasteiger charge is 2.08. The van der Waals surface area contributed by atoms with Crippen molar-refractivity contribution in [2.45, 2.75) is 30.9 Å². The number of rotatable bonds is 3. The standard InChI is InChI=1S/C11H15FS/c1-8(2)9(3)13-11-6-4-10(12)5-7-11/h4-9H,1-3H3. The maximum atomic E-state index is 12.6. The molecule has 1 rings (SSSR count). The summed E-state index contributed by atoms with van der Waals surface area (Å²) in [6.07, 6.45) is 0. The topological polar surface area (TPSA) is 0 Å². The summed E-state index contributed by atoms with van der Waals surface area (Å²) in [5.41, 5.74) is 0. The molecular formula is C11H15FS. The van der Waals surface area contributed by atoms with Gasteiger partial charge in [0, 0.05) is 10.1 Å². The highest BCUT2D eigenvalue weighted by molar-refractivity contribution is 8.00. The molecule has 0 nitrogen and oxygen atoms in total. The molecule has 1 unspecified atom stereocenters. The van der Waals surface area contributed by atoms with Gasteiger partial charge in [-0.3, -0.25) is 0 Å². The van der Waals surface area contributed by atoms with Crippen molar-refractivity contribution in [2.75, 3.05) is 0 Å². The second kappa shape index (κ2) is 4.66. The van der Waals surface area contributed by atoms with Crippen molar-refractivity contribution in [3.8, 4) is 0 Å². The van der Waals surface area contributed by atoms with Crippen LogP contribution in [0.15, 0.2) is 29.2 Å². The monoisotopic (exact) mass is 198 g/mol. The van der Waals surface area contributed by atoms with Crippen LogP contribution in [-0.4, -0.2) is 5.25 Å². The largest absolute Gasteiger partial charge is 0.207 e. The van der Waals surface area contributed by atoms with Crippen LogP contribution < -0.4 is 0 Å². The van der Waals surface area contributed by atoms with E-state index in [2.05, 4.69) is 20.8 Å². The van der Waals surface area contributed by atoms with Gasteiger partial charge < -0.3 is 0 Å². The molecule has 0 bridgehead atoms. The Balaban J connectivity index is 2.59. The average Bonchev–Trinajstić information content (AvgIpc) is 2.08. The van der Waals surface area contributed by atoms with Gasteiger partial charge in [-0.05, 0) is 30.2 Å². The number of thioether (sulfide) groups is 1. The third kappa shape index (κ3) is 3.39. The van der Waals surface area contributed by atoms with E-state index in [1.54, 1.807) is 11.8 Å². The van der Waals surface area contributed by atoms with Crippen molar-refractivity contribution in [1.29, 1.82) is 0 Å². The molecule has 72 valence electrons. The minimum atomic E-state index is -0.165. The molecule has 0 heterocycles. The molecule has 0 fully saturated rings. The van der Waals surface area contributed by atoms with E-state index in [9.17, 15) is 4.39 Å². The van der Waals surface area contributed by atoms with Crippen molar-refractivity contribution in [3.63, 3.8) is 0 Å². The van der Waals surface area contributed by atoms with Crippen molar-refractivity contribution in [2.24, 2.45) is 5.92 Å². The molecule has 0 N–H and O–H groups in total. The zero-order valence-corrected chi connectivity index (χ0v) is 9.07. The fourth-order valence-corrected chi connectivity index (χ4v) is 1.86. The molecule has 1 aromatic rings. The van der Waals surface area contributed by atoms with Gasteiger partial charge in [0.05, 0.1) is 0 Å². The molecule has 0 spiro atoms. The van der Waals surface area contributed by atoms with Crippen LogP contribution in [0.5, 0.6) is 0 Å². The average molecular weight is 198 g/mol. The third-order valence-corrected chi connectivity index (χ3v) is 3.53. The highest BCUT2D eigenvalue weighted by atomic mass is 32.2. The molecular weight excluding hydrogens is 183 g/mol. The maximum absolute atomic E-state index is 12.6.